The molecule has 4 heteroatoms. The van der Waals surface area contributed by atoms with Crippen LogP contribution in [0.1, 0.15) is 20.8 Å². The molecule has 1 heterocycles. The quantitative estimate of drug-likeness (QED) is 0.612. The van der Waals surface area contributed by atoms with E-state index in [1.807, 2.05) is 0 Å². The summed E-state index contributed by atoms with van der Waals surface area (Å²) in [7, 11) is 1.59. The highest BCUT2D eigenvalue weighted by atomic mass is 28.4. The van der Waals surface area contributed by atoms with E-state index in [-0.39, 0.29) is 5.54 Å². The van der Waals surface area contributed by atoms with Crippen molar-refractivity contribution in [1.82, 2.24) is 4.57 Å². The van der Waals surface area contributed by atoms with Crippen molar-refractivity contribution in [2.24, 2.45) is 0 Å². The van der Waals surface area contributed by atoms with Crippen molar-refractivity contribution in [3.63, 3.8) is 0 Å². The van der Waals surface area contributed by atoms with Crippen LogP contribution in [0.25, 0.3) is 0 Å². The van der Waals surface area contributed by atoms with Gasteiger partial charge in [0.05, 0.1) is 0 Å². The first-order valence-electron chi connectivity index (χ1n) is 4.34. The van der Waals surface area contributed by atoms with Crippen LogP contribution in [0.3, 0.4) is 0 Å². The molecular formula is C8H19NO2Si. The Morgan fingerprint density at radius 2 is 1.67 bits per heavy atom. The standard InChI is InChI=1S/C8H19NO2Si/c1-8(2,3)9-6-7-12(9,10-4)11-5/h6-7H2,1-5H3. The minimum Gasteiger partial charge on any atom is -0.386 e. The summed E-state index contributed by atoms with van der Waals surface area (Å²) < 4.78 is 13.4. The van der Waals surface area contributed by atoms with E-state index in [0.717, 1.165) is 12.6 Å². The molecule has 1 aliphatic rings. The van der Waals surface area contributed by atoms with Crippen LogP contribution in [-0.4, -0.2) is 39.6 Å². The summed E-state index contributed by atoms with van der Waals surface area (Å²) in [6, 6.07) is 1.09. The average Bonchev–Trinajstić information content (AvgIpc) is 1.85. The molecule has 1 saturated heterocycles. The zero-order valence-electron chi connectivity index (χ0n) is 8.68. The Hall–Kier alpha value is 0.0969. The lowest BCUT2D eigenvalue weighted by molar-refractivity contribution is 0.0705. The molecule has 0 bridgehead atoms. The van der Waals surface area contributed by atoms with Crippen LogP contribution >= 0.6 is 0 Å². The maximum Gasteiger partial charge on any atom is 0.428 e. The van der Waals surface area contributed by atoms with Crippen LogP contribution in [0.15, 0.2) is 0 Å². The first-order valence-corrected chi connectivity index (χ1v) is 6.31. The second-order valence-electron chi connectivity index (χ2n) is 4.19. The van der Waals surface area contributed by atoms with Gasteiger partial charge in [0.15, 0.2) is 0 Å². The van der Waals surface area contributed by atoms with E-state index >= 15 is 0 Å². The fourth-order valence-corrected chi connectivity index (χ4v) is 4.61. The van der Waals surface area contributed by atoms with Crippen molar-refractivity contribution in [2.45, 2.75) is 32.4 Å². The molecular weight excluding hydrogens is 170 g/mol. The highest BCUT2D eigenvalue weighted by molar-refractivity contribution is 6.67. The zero-order chi connectivity index (χ0) is 9.41. The van der Waals surface area contributed by atoms with E-state index < -0.39 is 8.72 Å². The molecule has 1 fully saturated rings. The van der Waals surface area contributed by atoms with Crippen LogP contribution in [0.5, 0.6) is 0 Å². The Bertz CT molecular complexity index is 157. The van der Waals surface area contributed by atoms with E-state index in [2.05, 4.69) is 25.3 Å². The van der Waals surface area contributed by atoms with Gasteiger partial charge in [0.1, 0.15) is 0 Å². The Balaban J connectivity index is 2.69. The maximum absolute atomic E-state index is 5.50. The van der Waals surface area contributed by atoms with E-state index in [1.165, 1.54) is 0 Å². The number of hydrogen-bond donors (Lipinski definition) is 0. The van der Waals surface area contributed by atoms with Crippen molar-refractivity contribution < 1.29 is 8.85 Å². The summed E-state index contributed by atoms with van der Waals surface area (Å²) in [5.74, 6) is 0. The van der Waals surface area contributed by atoms with Crippen LogP contribution in [0.4, 0.5) is 0 Å². The lowest BCUT2D eigenvalue weighted by Gasteiger charge is -2.53. The Morgan fingerprint density at radius 1 is 1.17 bits per heavy atom. The third-order valence-corrected chi connectivity index (χ3v) is 6.36. The molecule has 0 atom stereocenters. The van der Waals surface area contributed by atoms with Crippen molar-refractivity contribution in [1.29, 1.82) is 0 Å². The van der Waals surface area contributed by atoms with Gasteiger partial charge < -0.3 is 8.85 Å². The van der Waals surface area contributed by atoms with Crippen molar-refractivity contribution in [2.75, 3.05) is 20.8 Å². The van der Waals surface area contributed by atoms with Gasteiger partial charge in [0, 0.05) is 25.8 Å². The van der Waals surface area contributed by atoms with Crippen molar-refractivity contribution >= 4 is 8.72 Å². The predicted molar refractivity (Wildman–Crippen MR) is 51.0 cm³/mol. The van der Waals surface area contributed by atoms with Gasteiger partial charge in [-0.3, -0.25) is 4.57 Å². The first-order chi connectivity index (χ1) is 5.46. The molecule has 72 valence electrons. The van der Waals surface area contributed by atoms with Crippen LogP contribution in [0.2, 0.25) is 6.04 Å². The lowest BCUT2D eigenvalue weighted by atomic mass is 10.1. The fraction of sp³-hybridized carbons (Fsp3) is 1.00. The topological polar surface area (TPSA) is 21.7 Å². The Morgan fingerprint density at radius 3 is 1.75 bits per heavy atom. The highest BCUT2D eigenvalue weighted by Crippen LogP contribution is 2.34. The zero-order valence-corrected chi connectivity index (χ0v) is 9.68. The molecule has 0 aromatic rings. The minimum absolute atomic E-state index is 0.177. The van der Waals surface area contributed by atoms with Gasteiger partial charge in [-0.15, -0.1) is 0 Å². The molecule has 0 aliphatic carbocycles. The Kier molecular flexibility index (Phi) is 2.63. The van der Waals surface area contributed by atoms with Crippen LogP contribution in [-0.2, 0) is 8.85 Å². The molecule has 0 radical (unpaired) electrons. The van der Waals surface area contributed by atoms with E-state index in [0.29, 0.717) is 0 Å². The fourth-order valence-electron chi connectivity index (χ4n) is 1.76. The summed E-state index contributed by atoms with van der Waals surface area (Å²) in [5, 5.41) is 0. The maximum atomic E-state index is 5.50. The van der Waals surface area contributed by atoms with Crippen molar-refractivity contribution in [3.8, 4) is 0 Å². The largest absolute Gasteiger partial charge is 0.428 e. The van der Waals surface area contributed by atoms with Crippen LogP contribution in [0, 0.1) is 0 Å². The minimum atomic E-state index is -1.92. The second-order valence-corrected chi connectivity index (χ2v) is 7.48. The normalized spacial score (nSPS) is 23.8. The molecule has 12 heavy (non-hydrogen) atoms. The molecule has 0 aromatic carbocycles. The molecule has 0 N–H and O–H groups in total. The summed E-state index contributed by atoms with van der Waals surface area (Å²) in [6.07, 6.45) is 0. The summed E-state index contributed by atoms with van der Waals surface area (Å²) in [4.78, 5) is 0. The highest BCUT2D eigenvalue weighted by Gasteiger charge is 2.55. The smallest absolute Gasteiger partial charge is 0.386 e. The van der Waals surface area contributed by atoms with Gasteiger partial charge in [-0.1, -0.05) is 0 Å². The van der Waals surface area contributed by atoms with Crippen molar-refractivity contribution in [3.05, 3.63) is 0 Å². The molecule has 0 saturated carbocycles. The second kappa shape index (κ2) is 3.10. The van der Waals surface area contributed by atoms with Gasteiger partial charge in [-0.2, -0.15) is 0 Å². The summed E-state index contributed by atoms with van der Waals surface area (Å²) >= 11 is 0. The van der Waals surface area contributed by atoms with Gasteiger partial charge in [-0.05, 0) is 27.3 Å². The molecule has 0 amide bonds. The van der Waals surface area contributed by atoms with Gasteiger partial charge >= 0.3 is 8.72 Å². The Labute approximate surface area is 76.0 Å². The molecule has 3 nitrogen and oxygen atoms in total. The van der Waals surface area contributed by atoms with E-state index in [1.54, 1.807) is 14.2 Å². The van der Waals surface area contributed by atoms with E-state index in [4.69, 9.17) is 8.85 Å². The molecule has 1 aliphatic heterocycles. The monoisotopic (exact) mass is 189 g/mol. The van der Waals surface area contributed by atoms with Gasteiger partial charge in [0.25, 0.3) is 0 Å². The van der Waals surface area contributed by atoms with Gasteiger partial charge in [-0.25, -0.2) is 0 Å². The molecule has 1 rings (SSSR count). The molecule has 0 aromatic heterocycles. The van der Waals surface area contributed by atoms with Crippen LogP contribution < -0.4 is 0 Å². The predicted octanol–water partition coefficient (Wildman–Crippen LogP) is 1.33. The molecule has 0 spiro atoms. The third-order valence-electron chi connectivity index (χ3n) is 2.51. The molecule has 0 unspecified atom stereocenters. The van der Waals surface area contributed by atoms with Gasteiger partial charge in [0.2, 0.25) is 0 Å². The first kappa shape index (κ1) is 10.2. The number of rotatable bonds is 2. The summed E-state index contributed by atoms with van der Waals surface area (Å²) in [6.45, 7) is 7.71. The number of hydrogen-bond acceptors (Lipinski definition) is 3. The average molecular weight is 189 g/mol. The third kappa shape index (κ3) is 1.44. The summed E-state index contributed by atoms with van der Waals surface area (Å²) in [5.41, 5.74) is 0.177. The lowest BCUT2D eigenvalue weighted by Crippen LogP contribution is -2.72. The van der Waals surface area contributed by atoms with E-state index in [9.17, 15) is 0 Å². The SMILES string of the molecule is CO[Si]1(OC)CCN1C(C)(C)C. The number of nitrogens with zero attached hydrogens (tertiary/aromatic N) is 1.